The van der Waals surface area contributed by atoms with Gasteiger partial charge in [0.15, 0.2) is 6.10 Å². The predicted octanol–water partition coefficient (Wildman–Crippen LogP) is 0.925. The van der Waals surface area contributed by atoms with Gasteiger partial charge in [-0.25, -0.2) is 5.06 Å². The Morgan fingerprint density at radius 3 is 2.68 bits per heavy atom. The van der Waals surface area contributed by atoms with Gasteiger partial charge in [-0.2, -0.15) is 0 Å². The van der Waals surface area contributed by atoms with Gasteiger partial charge in [0, 0.05) is 27.2 Å². The van der Waals surface area contributed by atoms with E-state index >= 15 is 0 Å². The topological polar surface area (TPSA) is 60.0 Å². The lowest BCUT2D eigenvalue weighted by Crippen LogP contribution is -2.39. The van der Waals surface area contributed by atoms with Crippen molar-refractivity contribution >= 4 is 5.91 Å². The summed E-state index contributed by atoms with van der Waals surface area (Å²) in [4.78, 5) is 17.1. The Morgan fingerprint density at radius 1 is 1.41 bits per heavy atom. The Labute approximate surface area is 131 Å². The van der Waals surface area contributed by atoms with Crippen LogP contribution < -0.4 is 5.32 Å². The molecule has 1 N–H and O–H groups in total. The highest BCUT2D eigenvalue weighted by Gasteiger charge is 2.24. The largest absolute Gasteiger partial charge is 0.375 e. The Hall–Kier alpha value is -1.47. The van der Waals surface area contributed by atoms with Crippen LogP contribution in [0.5, 0.6) is 0 Å². The molecule has 122 valence electrons. The zero-order chi connectivity index (χ0) is 15.9. The highest BCUT2D eigenvalue weighted by molar-refractivity contribution is 5.81. The van der Waals surface area contributed by atoms with E-state index in [9.17, 15) is 4.79 Å². The predicted molar refractivity (Wildman–Crippen MR) is 82.3 cm³/mol. The average molecular weight is 308 g/mol. The molecule has 1 saturated heterocycles. The molecular weight excluding hydrogens is 284 g/mol. The van der Waals surface area contributed by atoms with E-state index in [1.54, 1.807) is 7.05 Å². The second kappa shape index (κ2) is 8.24. The van der Waals surface area contributed by atoms with Gasteiger partial charge in [0.05, 0.1) is 19.8 Å². The number of nitrogens with zero attached hydrogens (tertiary/aromatic N) is 1. The minimum absolute atomic E-state index is 0.207. The zero-order valence-corrected chi connectivity index (χ0v) is 13.4. The molecule has 0 aromatic heterocycles. The molecule has 0 spiro atoms. The zero-order valence-electron chi connectivity index (χ0n) is 13.4. The van der Waals surface area contributed by atoms with Gasteiger partial charge in [-0.15, -0.1) is 0 Å². The van der Waals surface area contributed by atoms with Crippen molar-refractivity contribution in [2.24, 2.45) is 0 Å². The average Bonchev–Trinajstić information content (AvgIpc) is 2.57. The second-order valence-corrected chi connectivity index (χ2v) is 5.28. The van der Waals surface area contributed by atoms with Gasteiger partial charge in [-0.05, 0) is 17.5 Å². The number of benzene rings is 1. The molecular formula is C16H24N2O4. The molecule has 0 saturated carbocycles. The number of rotatable bonds is 6. The SMILES string of the molecule is COC(C(=O)N(C)OC)c1ccc(CC2CNCCO2)cc1. The van der Waals surface area contributed by atoms with Crippen molar-refractivity contribution in [1.29, 1.82) is 0 Å². The molecule has 1 heterocycles. The molecule has 2 rings (SSSR count). The van der Waals surface area contributed by atoms with Crippen molar-refractivity contribution < 1.29 is 19.1 Å². The molecule has 1 fully saturated rings. The maximum absolute atomic E-state index is 12.2. The first-order valence-electron chi connectivity index (χ1n) is 7.41. The van der Waals surface area contributed by atoms with Crippen LogP contribution in [0, 0.1) is 0 Å². The fraction of sp³-hybridized carbons (Fsp3) is 0.562. The minimum Gasteiger partial charge on any atom is -0.375 e. The van der Waals surface area contributed by atoms with Gasteiger partial charge in [0.2, 0.25) is 0 Å². The van der Waals surface area contributed by atoms with Crippen LogP contribution in [-0.2, 0) is 25.5 Å². The van der Waals surface area contributed by atoms with Crippen LogP contribution in [-0.4, -0.2) is 58.0 Å². The van der Waals surface area contributed by atoms with Gasteiger partial charge >= 0.3 is 0 Å². The third-order valence-electron chi connectivity index (χ3n) is 3.79. The van der Waals surface area contributed by atoms with E-state index < -0.39 is 6.10 Å². The number of hydroxylamine groups is 2. The molecule has 22 heavy (non-hydrogen) atoms. The normalized spacial score (nSPS) is 19.7. The van der Waals surface area contributed by atoms with Crippen molar-refractivity contribution in [1.82, 2.24) is 10.4 Å². The Balaban J connectivity index is 2.01. The Kier molecular flexibility index (Phi) is 6.33. The van der Waals surface area contributed by atoms with Crippen LogP contribution in [0.3, 0.4) is 0 Å². The third-order valence-corrected chi connectivity index (χ3v) is 3.79. The number of ether oxygens (including phenoxy) is 2. The molecule has 1 aromatic rings. The molecule has 1 aliphatic heterocycles. The molecule has 1 aromatic carbocycles. The van der Waals surface area contributed by atoms with Crippen molar-refractivity contribution in [3.8, 4) is 0 Å². The maximum atomic E-state index is 12.2. The lowest BCUT2D eigenvalue weighted by molar-refractivity contribution is -0.179. The fourth-order valence-electron chi connectivity index (χ4n) is 2.48. The van der Waals surface area contributed by atoms with E-state index in [1.165, 1.54) is 24.8 Å². The quantitative estimate of drug-likeness (QED) is 0.792. The third kappa shape index (κ3) is 4.27. The number of methoxy groups -OCH3 is 1. The summed E-state index contributed by atoms with van der Waals surface area (Å²) < 4.78 is 11.0. The van der Waals surface area contributed by atoms with Gasteiger partial charge in [0.25, 0.3) is 5.91 Å². The highest BCUT2D eigenvalue weighted by Crippen LogP contribution is 2.20. The number of morpholine rings is 1. The molecule has 6 nitrogen and oxygen atoms in total. The number of nitrogens with one attached hydrogen (secondary N) is 1. The van der Waals surface area contributed by atoms with Gasteiger partial charge in [-0.1, -0.05) is 24.3 Å². The smallest absolute Gasteiger partial charge is 0.279 e. The summed E-state index contributed by atoms with van der Waals surface area (Å²) >= 11 is 0. The summed E-state index contributed by atoms with van der Waals surface area (Å²) in [6.45, 7) is 2.55. The van der Waals surface area contributed by atoms with Crippen LogP contribution in [0.4, 0.5) is 0 Å². The fourth-order valence-corrected chi connectivity index (χ4v) is 2.48. The van der Waals surface area contributed by atoms with E-state index in [-0.39, 0.29) is 12.0 Å². The Morgan fingerprint density at radius 2 is 2.14 bits per heavy atom. The van der Waals surface area contributed by atoms with Gasteiger partial charge in [0.1, 0.15) is 0 Å². The van der Waals surface area contributed by atoms with E-state index in [4.69, 9.17) is 14.3 Å². The molecule has 2 atom stereocenters. The van der Waals surface area contributed by atoms with Crippen LogP contribution in [0.25, 0.3) is 0 Å². The number of hydrogen-bond acceptors (Lipinski definition) is 5. The molecule has 0 radical (unpaired) electrons. The lowest BCUT2D eigenvalue weighted by atomic mass is 10.0. The summed E-state index contributed by atoms with van der Waals surface area (Å²) in [6.07, 6.45) is 0.405. The standard InChI is InChI=1S/C16H24N2O4/c1-18(21-3)16(19)15(20-2)13-6-4-12(5-7-13)10-14-11-17-8-9-22-14/h4-7,14-15,17H,8-11H2,1-3H3. The molecule has 6 heteroatoms. The van der Waals surface area contributed by atoms with Crippen LogP contribution in [0.15, 0.2) is 24.3 Å². The second-order valence-electron chi connectivity index (χ2n) is 5.28. The van der Waals surface area contributed by atoms with Crippen molar-refractivity contribution in [2.45, 2.75) is 18.6 Å². The van der Waals surface area contributed by atoms with Crippen LogP contribution >= 0.6 is 0 Å². The van der Waals surface area contributed by atoms with Crippen molar-refractivity contribution in [3.63, 3.8) is 0 Å². The van der Waals surface area contributed by atoms with Gasteiger partial charge < -0.3 is 14.8 Å². The van der Waals surface area contributed by atoms with Crippen LogP contribution in [0.2, 0.25) is 0 Å². The van der Waals surface area contributed by atoms with E-state index in [0.717, 1.165) is 31.7 Å². The first kappa shape index (κ1) is 16.9. The van der Waals surface area contributed by atoms with Crippen LogP contribution in [0.1, 0.15) is 17.2 Å². The lowest BCUT2D eigenvalue weighted by Gasteiger charge is -2.24. The number of carbonyl (C=O) groups is 1. The highest BCUT2D eigenvalue weighted by atomic mass is 16.7. The van der Waals surface area contributed by atoms with Crippen molar-refractivity contribution in [2.75, 3.05) is 41.0 Å². The minimum atomic E-state index is -0.661. The van der Waals surface area contributed by atoms with E-state index in [0.29, 0.717) is 0 Å². The molecule has 0 aliphatic carbocycles. The van der Waals surface area contributed by atoms with Gasteiger partial charge in [-0.3, -0.25) is 9.63 Å². The molecule has 1 amide bonds. The number of amides is 1. The summed E-state index contributed by atoms with van der Waals surface area (Å²) in [5, 5.41) is 4.49. The monoisotopic (exact) mass is 308 g/mol. The molecule has 2 unspecified atom stereocenters. The first-order chi connectivity index (χ1) is 10.7. The number of hydrogen-bond donors (Lipinski definition) is 1. The van der Waals surface area contributed by atoms with E-state index in [2.05, 4.69) is 5.32 Å². The number of likely N-dealkylation sites (N-methyl/N-ethyl adjacent to an activating group) is 1. The first-order valence-corrected chi connectivity index (χ1v) is 7.41. The summed E-state index contributed by atoms with van der Waals surface area (Å²) in [5.74, 6) is -0.238. The maximum Gasteiger partial charge on any atom is 0.279 e. The molecule has 0 bridgehead atoms. The summed E-state index contributed by atoms with van der Waals surface area (Å²) in [7, 11) is 4.53. The summed E-state index contributed by atoms with van der Waals surface area (Å²) in [5.41, 5.74) is 1.99. The number of carbonyl (C=O) groups excluding carboxylic acids is 1. The van der Waals surface area contributed by atoms with Crippen molar-refractivity contribution in [3.05, 3.63) is 35.4 Å². The van der Waals surface area contributed by atoms with E-state index in [1.807, 2.05) is 24.3 Å². The Bertz CT molecular complexity index is 472. The molecule has 1 aliphatic rings. The summed E-state index contributed by atoms with van der Waals surface area (Å²) in [6, 6.07) is 7.86.